The van der Waals surface area contributed by atoms with Gasteiger partial charge in [0, 0.05) is 12.1 Å². The molecule has 0 fully saturated rings. The van der Waals surface area contributed by atoms with Crippen molar-refractivity contribution >= 4 is 5.91 Å². The molecule has 5 heteroatoms. The molecule has 0 atom stereocenters. The number of amides is 1. The lowest BCUT2D eigenvalue weighted by Gasteiger charge is -2.21. The molecule has 1 rings (SSSR count). The topological polar surface area (TPSA) is 70.1 Å². The molecule has 0 unspecified atom stereocenters. The van der Waals surface area contributed by atoms with Crippen LogP contribution in [0.15, 0.2) is 10.6 Å². The number of carbonyl (C=O) groups excluding carboxylic acids is 1. The second kappa shape index (κ2) is 4.60. The molecule has 0 aliphatic heterocycles. The van der Waals surface area contributed by atoms with Gasteiger partial charge in [-0.25, -0.2) is 0 Å². The van der Waals surface area contributed by atoms with Crippen LogP contribution in [0.1, 0.15) is 30.1 Å². The van der Waals surface area contributed by atoms with E-state index in [1.54, 1.807) is 13.0 Å². The highest BCUT2D eigenvalue weighted by atomic mass is 16.5. The summed E-state index contributed by atoms with van der Waals surface area (Å²) in [7, 11) is 0. The van der Waals surface area contributed by atoms with E-state index in [0.717, 1.165) is 0 Å². The Balaban J connectivity index is 2.86. The Labute approximate surface area is 88.3 Å². The molecule has 0 bridgehead atoms. The van der Waals surface area contributed by atoms with Crippen LogP contribution in [0.4, 0.5) is 0 Å². The molecular weight excluding hydrogens is 194 g/mol. The summed E-state index contributed by atoms with van der Waals surface area (Å²) in [5.41, 5.74) is 0.652. The first-order valence-corrected chi connectivity index (χ1v) is 4.67. The molecular formula is C10H13N3O2. The Morgan fingerprint density at radius 3 is 2.80 bits per heavy atom. The van der Waals surface area contributed by atoms with Gasteiger partial charge in [0.2, 0.25) is 5.76 Å². The van der Waals surface area contributed by atoms with Crippen LogP contribution in [0.2, 0.25) is 0 Å². The zero-order chi connectivity index (χ0) is 11.4. The number of aryl methyl sites for hydroxylation is 1. The first kappa shape index (κ1) is 11.2. The predicted octanol–water partition coefficient (Wildman–Crippen LogP) is 1.36. The zero-order valence-electron chi connectivity index (χ0n) is 9.02. The van der Waals surface area contributed by atoms with Gasteiger partial charge in [-0.3, -0.25) is 4.79 Å². The van der Waals surface area contributed by atoms with Gasteiger partial charge in [-0.2, -0.15) is 5.26 Å². The minimum atomic E-state index is -0.299. The van der Waals surface area contributed by atoms with Crippen molar-refractivity contribution in [2.45, 2.75) is 26.8 Å². The Bertz CT molecular complexity index is 390. The van der Waals surface area contributed by atoms with Gasteiger partial charge >= 0.3 is 0 Å². The summed E-state index contributed by atoms with van der Waals surface area (Å²) in [4.78, 5) is 13.3. The van der Waals surface area contributed by atoms with Gasteiger partial charge in [-0.05, 0) is 20.8 Å². The number of rotatable bonds is 3. The third-order valence-electron chi connectivity index (χ3n) is 1.96. The molecule has 0 radical (unpaired) electrons. The second-order valence-corrected chi connectivity index (χ2v) is 3.52. The zero-order valence-corrected chi connectivity index (χ0v) is 9.02. The standard InChI is InChI=1S/C10H13N3O2/c1-7(2)13(5-4-11)10(14)9-6-8(3)12-15-9/h6-7H,5H2,1-3H3. The summed E-state index contributed by atoms with van der Waals surface area (Å²) < 4.78 is 4.85. The van der Waals surface area contributed by atoms with Gasteiger partial charge in [0.05, 0.1) is 11.8 Å². The second-order valence-electron chi connectivity index (χ2n) is 3.52. The quantitative estimate of drug-likeness (QED) is 0.701. The molecule has 0 spiro atoms. The molecule has 0 aliphatic rings. The van der Waals surface area contributed by atoms with Crippen molar-refractivity contribution in [3.8, 4) is 6.07 Å². The molecule has 0 saturated carbocycles. The molecule has 1 aromatic heterocycles. The van der Waals surface area contributed by atoms with E-state index in [2.05, 4.69) is 5.16 Å². The van der Waals surface area contributed by atoms with Gasteiger partial charge in [0.25, 0.3) is 5.91 Å². The molecule has 5 nitrogen and oxygen atoms in total. The van der Waals surface area contributed by atoms with E-state index in [-0.39, 0.29) is 24.3 Å². The molecule has 80 valence electrons. The number of nitrogens with zero attached hydrogens (tertiary/aromatic N) is 3. The van der Waals surface area contributed by atoms with Crippen LogP contribution >= 0.6 is 0 Å². The number of carbonyl (C=O) groups is 1. The van der Waals surface area contributed by atoms with Crippen molar-refractivity contribution in [1.82, 2.24) is 10.1 Å². The number of hydrogen-bond donors (Lipinski definition) is 0. The van der Waals surface area contributed by atoms with E-state index in [9.17, 15) is 4.79 Å². The van der Waals surface area contributed by atoms with E-state index < -0.39 is 0 Å². The van der Waals surface area contributed by atoms with E-state index >= 15 is 0 Å². The Kier molecular flexibility index (Phi) is 3.45. The predicted molar refractivity (Wildman–Crippen MR) is 53.0 cm³/mol. The normalized spacial score (nSPS) is 10.1. The summed E-state index contributed by atoms with van der Waals surface area (Å²) in [6.45, 7) is 5.48. The van der Waals surface area contributed by atoms with E-state index in [1.165, 1.54) is 4.90 Å². The average molecular weight is 207 g/mol. The SMILES string of the molecule is Cc1cc(C(=O)N(CC#N)C(C)C)on1. The van der Waals surface area contributed by atoms with Gasteiger partial charge in [-0.1, -0.05) is 5.16 Å². The summed E-state index contributed by atoms with van der Waals surface area (Å²) >= 11 is 0. The van der Waals surface area contributed by atoms with Crippen LogP contribution in [0.3, 0.4) is 0 Å². The summed E-state index contributed by atoms with van der Waals surface area (Å²) in [5, 5.41) is 12.2. The maximum Gasteiger partial charge on any atom is 0.293 e. The highest BCUT2D eigenvalue weighted by Crippen LogP contribution is 2.09. The lowest BCUT2D eigenvalue weighted by Crippen LogP contribution is -2.37. The third kappa shape index (κ3) is 2.56. The number of hydrogen-bond acceptors (Lipinski definition) is 4. The Hall–Kier alpha value is -1.83. The molecule has 0 aromatic carbocycles. The van der Waals surface area contributed by atoms with Gasteiger partial charge in [0.1, 0.15) is 6.54 Å². The van der Waals surface area contributed by atoms with E-state index in [0.29, 0.717) is 5.69 Å². The molecule has 1 heterocycles. The molecule has 1 amide bonds. The summed E-state index contributed by atoms with van der Waals surface area (Å²) in [5.74, 6) is -0.122. The largest absolute Gasteiger partial charge is 0.351 e. The summed E-state index contributed by atoms with van der Waals surface area (Å²) in [6.07, 6.45) is 0. The number of aromatic nitrogens is 1. The van der Waals surface area contributed by atoms with Crippen LogP contribution in [0, 0.1) is 18.3 Å². The lowest BCUT2D eigenvalue weighted by atomic mass is 10.2. The van der Waals surface area contributed by atoms with Crippen molar-refractivity contribution in [3.63, 3.8) is 0 Å². The van der Waals surface area contributed by atoms with Gasteiger partial charge in [0.15, 0.2) is 0 Å². The molecule has 0 saturated heterocycles. The molecule has 1 aromatic rings. The lowest BCUT2D eigenvalue weighted by molar-refractivity contribution is 0.0689. The maximum atomic E-state index is 11.8. The van der Waals surface area contributed by atoms with Gasteiger partial charge in [-0.15, -0.1) is 0 Å². The van der Waals surface area contributed by atoms with Crippen LogP contribution in [-0.2, 0) is 0 Å². The first-order chi connectivity index (χ1) is 7.06. The van der Waals surface area contributed by atoms with Crippen LogP contribution in [-0.4, -0.2) is 28.6 Å². The fraction of sp³-hybridized carbons (Fsp3) is 0.500. The maximum absolute atomic E-state index is 11.8. The fourth-order valence-corrected chi connectivity index (χ4v) is 1.17. The minimum Gasteiger partial charge on any atom is -0.351 e. The first-order valence-electron chi connectivity index (χ1n) is 4.67. The smallest absolute Gasteiger partial charge is 0.293 e. The van der Waals surface area contributed by atoms with Crippen molar-refractivity contribution in [3.05, 3.63) is 17.5 Å². The van der Waals surface area contributed by atoms with Crippen molar-refractivity contribution in [2.24, 2.45) is 0 Å². The number of nitriles is 1. The molecule has 15 heavy (non-hydrogen) atoms. The van der Waals surface area contributed by atoms with Crippen LogP contribution < -0.4 is 0 Å². The van der Waals surface area contributed by atoms with E-state index in [1.807, 2.05) is 19.9 Å². The van der Waals surface area contributed by atoms with Gasteiger partial charge < -0.3 is 9.42 Å². The summed E-state index contributed by atoms with van der Waals surface area (Å²) in [6, 6.07) is 3.47. The Morgan fingerprint density at radius 2 is 2.40 bits per heavy atom. The average Bonchev–Trinajstić information content (AvgIpc) is 2.59. The molecule has 0 N–H and O–H groups in total. The minimum absolute atomic E-state index is 0.0393. The van der Waals surface area contributed by atoms with Crippen LogP contribution in [0.5, 0.6) is 0 Å². The molecule has 0 aliphatic carbocycles. The third-order valence-corrected chi connectivity index (χ3v) is 1.96. The highest BCUT2D eigenvalue weighted by molar-refractivity contribution is 5.91. The highest BCUT2D eigenvalue weighted by Gasteiger charge is 2.21. The van der Waals surface area contributed by atoms with Crippen molar-refractivity contribution in [2.75, 3.05) is 6.54 Å². The van der Waals surface area contributed by atoms with Crippen molar-refractivity contribution in [1.29, 1.82) is 5.26 Å². The van der Waals surface area contributed by atoms with Crippen molar-refractivity contribution < 1.29 is 9.32 Å². The Morgan fingerprint density at radius 1 is 1.73 bits per heavy atom. The monoisotopic (exact) mass is 207 g/mol. The van der Waals surface area contributed by atoms with E-state index in [4.69, 9.17) is 9.78 Å². The van der Waals surface area contributed by atoms with Crippen LogP contribution in [0.25, 0.3) is 0 Å². The fourth-order valence-electron chi connectivity index (χ4n) is 1.17.